The van der Waals surface area contributed by atoms with E-state index in [4.69, 9.17) is 4.74 Å². The Labute approximate surface area is 115 Å². The van der Waals surface area contributed by atoms with Crippen LogP contribution in [0.3, 0.4) is 0 Å². The van der Waals surface area contributed by atoms with E-state index in [1.54, 1.807) is 17.9 Å². The number of amides is 1. The van der Waals surface area contributed by atoms with Crippen LogP contribution < -0.4 is 4.74 Å². The van der Waals surface area contributed by atoms with E-state index in [-0.39, 0.29) is 12.5 Å². The number of aliphatic hydroxyl groups is 1. The molecule has 4 heteroatoms. The van der Waals surface area contributed by atoms with Crippen molar-refractivity contribution in [2.75, 3.05) is 19.7 Å². The molecule has 0 fully saturated rings. The zero-order valence-corrected chi connectivity index (χ0v) is 12.1. The Balaban J connectivity index is 2.66. The zero-order chi connectivity index (χ0) is 14.4. The summed E-state index contributed by atoms with van der Waals surface area (Å²) in [6.45, 7) is 8.96. The Morgan fingerprint density at radius 2 is 2.00 bits per heavy atom. The third-order valence-electron chi connectivity index (χ3n) is 3.15. The monoisotopic (exact) mass is 265 g/mol. The van der Waals surface area contributed by atoms with E-state index in [1.807, 2.05) is 32.9 Å². The van der Waals surface area contributed by atoms with Crippen LogP contribution in [-0.4, -0.2) is 35.6 Å². The number of aryl methyl sites for hydroxylation is 1. The summed E-state index contributed by atoms with van der Waals surface area (Å²) in [5.41, 5.74) is 1.77. The van der Waals surface area contributed by atoms with E-state index >= 15 is 0 Å². The number of benzene rings is 1. The van der Waals surface area contributed by atoms with Gasteiger partial charge in [-0.3, -0.25) is 4.79 Å². The van der Waals surface area contributed by atoms with Crippen molar-refractivity contribution < 1.29 is 14.6 Å². The average molecular weight is 265 g/mol. The van der Waals surface area contributed by atoms with Crippen LogP contribution in [-0.2, 0) is 4.79 Å². The average Bonchev–Trinajstić information content (AvgIpc) is 2.38. The zero-order valence-electron chi connectivity index (χ0n) is 12.1. The number of likely N-dealkylation sites (N-methyl/N-ethyl adjacent to an activating group) is 1. The minimum atomic E-state index is -0.495. The van der Waals surface area contributed by atoms with Gasteiger partial charge in [0.15, 0.2) is 6.61 Å². The lowest BCUT2D eigenvalue weighted by molar-refractivity contribution is -0.132. The summed E-state index contributed by atoms with van der Waals surface area (Å²) in [5, 5.41) is 9.49. The van der Waals surface area contributed by atoms with Crippen molar-refractivity contribution in [3.05, 3.63) is 29.3 Å². The van der Waals surface area contributed by atoms with Crippen LogP contribution in [0.1, 0.15) is 38.0 Å². The molecule has 1 N–H and O–H groups in total. The Hall–Kier alpha value is -1.55. The molecular weight excluding hydrogens is 242 g/mol. The summed E-state index contributed by atoms with van der Waals surface area (Å²) in [5.74, 6) is 0.675. The van der Waals surface area contributed by atoms with Crippen LogP contribution in [0.5, 0.6) is 5.75 Å². The van der Waals surface area contributed by atoms with Crippen molar-refractivity contribution in [1.82, 2.24) is 4.90 Å². The highest BCUT2D eigenvalue weighted by atomic mass is 16.5. The quantitative estimate of drug-likeness (QED) is 0.858. The minimum Gasteiger partial charge on any atom is -0.484 e. The van der Waals surface area contributed by atoms with E-state index in [9.17, 15) is 9.90 Å². The standard InChI is InChI=1S/C15H23NO3/c1-5-16(6-2)15(18)10-19-14-8-7-13(12(4)17)9-11(14)3/h7-9,12,17H,5-6,10H2,1-4H3/t12-/m1/s1. The SMILES string of the molecule is CCN(CC)C(=O)COc1ccc([C@@H](C)O)cc1C. The van der Waals surface area contributed by atoms with E-state index in [0.29, 0.717) is 18.8 Å². The van der Waals surface area contributed by atoms with Crippen LogP contribution in [0.4, 0.5) is 0 Å². The molecule has 0 aliphatic heterocycles. The largest absolute Gasteiger partial charge is 0.484 e. The summed E-state index contributed by atoms with van der Waals surface area (Å²) in [7, 11) is 0. The van der Waals surface area contributed by atoms with Gasteiger partial charge in [-0.1, -0.05) is 6.07 Å². The van der Waals surface area contributed by atoms with Crippen LogP contribution in [0.25, 0.3) is 0 Å². The molecule has 1 aromatic carbocycles. The molecule has 1 aromatic rings. The summed E-state index contributed by atoms with van der Waals surface area (Å²) in [4.78, 5) is 13.6. The first kappa shape index (κ1) is 15.5. The van der Waals surface area contributed by atoms with Gasteiger partial charge in [-0.2, -0.15) is 0 Å². The maximum Gasteiger partial charge on any atom is 0.260 e. The predicted octanol–water partition coefficient (Wildman–Crippen LogP) is 2.30. The van der Waals surface area contributed by atoms with E-state index in [1.165, 1.54) is 0 Å². The molecule has 1 rings (SSSR count). The van der Waals surface area contributed by atoms with Crippen molar-refractivity contribution in [1.29, 1.82) is 0 Å². The second-order valence-electron chi connectivity index (χ2n) is 4.56. The Morgan fingerprint density at radius 1 is 1.37 bits per heavy atom. The fourth-order valence-electron chi connectivity index (χ4n) is 1.90. The lowest BCUT2D eigenvalue weighted by Crippen LogP contribution is -2.34. The summed E-state index contributed by atoms with van der Waals surface area (Å²) in [6.07, 6.45) is -0.495. The van der Waals surface area contributed by atoms with Gasteiger partial charge < -0.3 is 14.7 Å². The smallest absolute Gasteiger partial charge is 0.260 e. The lowest BCUT2D eigenvalue weighted by atomic mass is 10.1. The molecule has 0 saturated heterocycles. The van der Waals surface area contributed by atoms with E-state index in [0.717, 1.165) is 11.1 Å². The van der Waals surface area contributed by atoms with Crippen LogP contribution in [0, 0.1) is 6.92 Å². The number of rotatable bonds is 6. The van der Waals surface area contributed by atoms with Gasteiger partial charge in [-0.15, -0.1) is 0 Å². The summed E-state index contributed by atoms with van der Waals surface area (Å²) >= 11 is 0. The molecule has 0 aromatic heterocycles. The van der Waals surface area contributed by atoms with Gasteiger partial charge >= 0.3 is 0 Å². The fourth-order valence-corrected chi connectivity index (χ4v) is 1.90. The number of carbonyl (C=O) groups excluding carboxylic acids is 1. The van der Waals surface area contributed by atoms with Gasteiger partial charge in [-0.25, -0.2) is 0 Å². The van der Waals surface area contributed by atoms with Crippen molar-refractivity contribution in [3.63, 3.8) is 0 Å². The molecule has 0 heterocycles. The molecule has 0 aliphatic carbocycles. The third-order valence-corrected chi connectivity index (χ3v) is 3.15. The van der Waals surface area contributed by atoms with Crippen molar-refractivity contribution >= 4 is 5.91 Å². The first-order valence-corrected chi connectivity index (χ1v) is 6.68. The highest BCUT2D eigenvalue weighted by molar-refractivity contribution is 5.77. The first-order valence-electron chi connectivity index (χ1n) is 6.68. The molecule has 0 unspecified atom stereocenters. The Bertz CT molecular complexity index is 425. The van der Waals surface area contributed by atoms with Crippen LogP contribution in [0.15, 0.2) is 18.2 Å². The number of ether oxygens (including phenoxy) is 1. The summed E-state index contributed by atoms with van der Waals surface area (Å²) < 4.78 is 5.55. The molecule has 106 valence electrons. The van der Waals surface area contributed by atoms with Gasteiger partial charge in [0.25, 0.3) is 5.91 Å². The fraction of sp³-hybridized carbons (Fsp3) is 0.533. The Kier molecular flexibility index (Phi) is 5.83. The number of aliphatic hydroxyl groups excluding tert-OH is 1. The molecule has 1 amide bonds. The number of hydrogen-bond donors (Lipinski definition) is 1. The van der Waals surface area contributed by atoms with Gasteiger partial charge in [0, 0.05) is 13.1 Å². The van der Waals surface area contributed by atoms with Crippen molar-refractivity contribution in [2.45, 2.75) is 33.8 Å². The number of hydrogen-bond acceptors (Lipinski definition) is 3. The van der Waals surface area contributed by atoms with Gasteiger partial charge in [0.2, 0.25) is 0 Å². The van der Waals surface area contributed by atoms with Gasteiger partial charge in [-0.05, 0) is 51.0 Å². The van der Waals surface area contributed by atoms with Crippen molar-refractivity contribution in [2.24, 2.45) is 0 Å². The molecular formula is C15H23NO3. The molecule has 1 atom stereocenters. The normalized spacial score (nSPS) is 12.1. The minimum absolute atomic E-state index is 0.0102. The first-order chi connectivity index (χ1) is 8.99. The maximum absolute atomic E-state index is 11.8. The summed E-state index contributed by atoms with van der Waals surface area (Å²) in [6, 6.07) is 5.49. The second-order valence-corrected chi connectivity index (χ2v) is 4.56. The van der Waals surface area contributed by atoms with Gasteiger partial charge in [0.05, 0.1) is 6.10 Å². The molecule has 0 saturated carbocycles. The maximum atomic E-state index is 11.8. The molecule has 0 bridgehead atoms. The molecule has 0 spiro atoms. The number of nitrogens with zero attached hydrogens (tertiary/aromatic N) is 1. The molecule has 0 aliphatic rings. The molecule has 19 heavy (non-hydrogen) atoms. The lowest BCUT2D eigenvalue weighted by Gasteiger charge is -2.19. The van der Waals surface area contributed by atoms with Crippen molar-refractivity contribution in [3.8, 4) is 5.75 Å². The Morgan fingerprint density at radius 3 is 2.47 bits per heavy atom. The predicted molar refractivity (Wildman–Crippen MR) is 75.2 cm³/mol. The molecule has 0 radical (unpaired) electrons. The third kappa shape index (κ3) is 4.24. The highest BCUT2D eigenvalue weighted by Crippen LogP contribution is 2.22. The topological polar surface area (TPSA) is 49.8 Å². The molecule has 4 nitrogen and oxygen atoms in total. The van der Waals surface area contributed by atoms with Gasteiger partial charge in [0.1, 0.15) is 5.75 Å². The highest BCUT2D eigenvalue weighted by Gasteiger charge is 2.11. The second kappa shape index (κ2) is 7.14. The number of carbonyl (C=O) groups is 1. The van der Waals surface area contributed by atoms with E-state index < -0.39 is 6.10 Å². The van der Waals surface area contributed by atoms with Crippen LogP contribution in [0.2, 0.25) is 0 Å². The van der Waals surface area contributed by atoms with Crippen LogP contribution >= 0.6 is 0 Å². The van der Waals surface area contributed by atoms with E-state index in [2.05, 4.69) is 0 Å².